The maximum absolute atomic E-state index is 4.98. The van der Waals surface area contributed by atoms with E-state index in [0.717, 1.165) is 26.1 Å². The molecule has 1 aliphatic heterocycles. The Balaban J connectivity index is 2.18. The van der Waals surface area contributed by atoms with E-state index in [-0.39, 0.29) is 0 Å². The van der Waals surface area contributed by atoms with E-state index >= 15 is 0 Å². The molecule has 58 valence electrons. The maximum atomic E-state index is 4.98. The predicted molar refractivity (Wildman–Crippen MR) is 42.1 cm³/mol. The van der Waals surface area contributed by atoms with Gasteiger partial charge >= 0.3 is 0 Å². The predicted octanol–water partition coefficient (Wildman–Crippen LogP) is 0.943. The van der Waals surface area contributed by atoms with Crippen molar-refractivity contribution in [3.8, 4) is 0 Å². The van der Waals surface area contributed by atoms with Gasteiger partial charge in [-0.15, -0.1) is 0 Å². The minimum atomic E-state index is 0.855. The third-order valence-electron chi connectivity index (χ3n) is 1.73. The minimum absolute atomic E-state index is 0.855. The van der Waals surface area contributed by atoms with Gasteiger partial charge in [0.05, 0.1) is 0 Å². The van der Waals surface area contributed by atoms with Crippen LogP contribution in [0, 0.1) is 0 Å². The second kappa shape index (κ2) is 4.47. The van der Waals surface area contributed by atoms with Crippen LogP contribution in [0.15, 0.2) is 11.6 Å². The zero-order valence-electron chi connectivity index (χ0n) is 6.52. The molecule has 0 amide bonds. The summed E-state index contributed by atoms with van der Waals surface area (Å²) in [4.78, 5) is 0. The molecular formula is C8H15NO. The molecule has 10 heavy (non-hydrogen) atoms. The van der Waals surface area contributed by atoms with Crippen LogP contribution < -0.4 is 5.32 Å². The van der Waals surface area contributed by atoms with Crippen molar-refractivity contribution in [3.63, 3.8) is 0 Å². The summed E-state index contributed by atoms with van der Waals surface area (Å²) >= 11 is 0. The number of nitrogens with one attached hydrogen (secondary N) is 1. The molecule has 2 nitrogen and oxygen atoms in total. The van der Waals surface area contributed by atoms with Crippen molar-refractivity contribution in [1.29, 1.82) is 0 Å². The van der Waals surface area contributed by atoms with Gasteiger partial charge in [0.2, 0.25) is 0 Å². The Hall–Kier alpha value is -0.340. The average Bonchev–Trinajstić information content (AvgIpc) is 2.03. The first kappa shape index (κ1) is 7.76. The molecule has 1 aliphatic rings. The highest BCUT2D eigenvalue weighted by Crippen LogP contribution is 2.04. The third kappa shape index (κ3) is 2.50. The molecule has 0 unspecified atom stereocenters. The van der Waals surface area contributed by atoms with Crippen molar-refractivity contribution in [1.82, 2.24) is 5.32 Å². The summed E-state index contributed by atoms with van der Waals surface area (Å²) < 4.78 is 4.98. The van der Waals surface area contributed by atoms with Crippen LogP contribution in [-0.4, -0.2) is 26.8 Å². The lowest BCUT2D eigenvalue weighted by Crippen LogP contribution is -2.22. The first-order valence-electron chi connectivity index (χ1n) is 3.81. The highest BCUT2D eigenvalue weighted by molar-refractivity contribution is 5.07. The Bertz CT molecular complexity index is 120. The van der Waals surface area contributed by atoms with Crippen molar-refractivity contribution in [3.05, 3.63) is 11.6 Å². The van der Waals surface area contributed by atoms with Gasteiger partial charge in [-0.25, -0.2) is 0 Å². The maximum Gasteiger partial charge on any atom is 0.0499 e. The van der Waals surface area contributed by atoms with Gasteiger partial charge < -0.3 is 10.1 Å². The Morgan fingerprint density at radius 3 is 3.20 bits per heavy atom. The van der Waals surface area contributed by atoms with Gasteiger partial charge in [-0.2, -0.15) is 0 Å². The van der Waals surface area contributed by atoms with Crippen molar-refractivity contribution >= 4 is 0 Å². The van der Waals surface area contributed by atoms with Crippen molar-refractivity contribution in [2.75, 3.05) is 26.8 Å². The zero-order chi connectivity index (χ0) is 7.23. The number of hydrogen-bond donors (Lipinski definition) is 1. The summed E-state index contributed by atoms with van der Waals surface area (Å²) in [6, 6.07) is 0. The molecule has 0 aromatic heterocycles. The van der Waals surface area contributed by atoms with E-state index in [0.29, 0.717) is 0 Å². The van der Waals surface area contributed by atoms with Crippen LogP contribution in [0.2, 0.25) is 0 Å². The largest absolute Gasteiger partial charge is 0.384 e. The molecule has 0 spiro atoms. The molecule has 1 rings (SSSR count). The van der Waals surface area contributed by atoms with Gasteiger partial charge in [-0.05, 0) is 19.4 Å². The summed E-state index contributed by atoms with van der Waals surface area (Å²) in [6.07, 6.45) is 4.58. The SMILES string of the molecule is COCCC1=CCCNC1. The molecule has 0 aliphatic carbocycles. The summed E-state index contributed by atoms with van der Waals surface area (Å²) in [5.41, 5.74) is 1.49. The quantitative estimate of drug-likeness (QED) is 0.591. The molecular weight excluding hydrogens is 126 g/mol. The molecule has 1 N–H and O–H groups in total. The lowest BCUT2D eigenvalue weighted by atomic mass is 10.1. The molecule has 1 heterocycles. The van der Waals surface area contributed by atoms with E-state index in [2.05, 4.69) is 11.4 Å². The van der Waals surface area contributed by atoms with Crippen molar-refractivity contribution < 1.29 is 4.74 Å². The van der Waals surface area contributed by atoms with Gasteiger partial charge in [0.15, 0.2) is 0 Å². The standard InChI is InChI=1S/C8H15NO/c1-10-6-4-8-3-2-5-9-7-8/h3,9H,2,4-7H2,1H3. The molecule has 0 saturated carbocycles. The molecule has 0 radical (unpaired) electrons. The Morgan fingerprint density at radius 2 is 2.60 bits per heavy atom. The minimum Gasteiger partial charge on any atom is -0.384 e. The first-order valence-corrected chi connectivity index (χ1v) is 3.81. The fourth-order valence-corrected chi connectivity index (χ4v) is 1.12. The fourth-order valence-electron chi connectivity index (χ4n) is 1.12. The van der Waals surface area contributed by atoms with Crippen LogP contribution in [0.25, 0.3) is 0 Å². The number of ether oxygens (including phenoxy) is 1. The fraction of sp³-hybridized carbons (Fsp3) is 0.750. The number of hydrogen-bond acceptors (Lipinski definition) is 2. The van der Waals surface area contributed by atoms with Crippen LogP contribution in [0.1, 0.15) is 12.8 Å². The van der Waals surface area contributed by atoms with E-state index in [4.69, 9.17) is 4.74 Å². The molecule has 0 atom stereocenters. The van der Waals surface area contributed by atoms with Crippen LogP contribution >= 0.6 is 0 Å². The van der Waals surface area contributed by atoms with E-state index in [1.54, 1.807) is 7.11 Å². The molecule has 0 fully saturated rings. The lowest BCUT2D eigenvalue weighted by Gasteiger charge is -2.13. The van der Waals surface area contributed by atoms with Crippen molar-refractivity contribution in [2.45, 2.75) is 12.8 Å². The average molecular weight is 141 g/mol. The highest BCUT2D eigenvalue weighted by atomic mass is 16.5. The third-order valence-corrected chi connectivity index (χ3v) is 1.73. The smallest absolute Gasteiger partial charge is 0.0499 e. The van der Waals surface area contributed by atoms with Gasteiger partial charge in [0.1, 0.15) is 0 Å². The van der Waals surface area contributed by atoms with Crippen LogP contribution in [0.5, 0.6) is 0 Å². The van der Waals surface area contributed by atoms with Gasteiger partial charge in [-0.1, -0.05) is 11.6 Å². The highest BCUT2D eigenvalue weighted by Gasteiger charge is 2.00. The Labute approximate surface area is 62.3 Å². The van der Waals surface area contributed by atoms with Crippen LogP contribution in [0.4, 0.5) is 0 Å². The first-order chi connectivity index (χ1) is 4.93. The number of methoxy groups -OCH3 is 1. The van der Waals surface area contributed by atoms with E-state index in [1.807, 2.05) is 0 Å². The Morgan fingerprint density at radius 1 is 1.70 bits per heavy atom. The summed E-state index contributed by atoms with van der Waals surface area (Å²) in [5, 5.41) is 3.32. The molecule has 0 aromatic rings. The van der Waals surface area contributed by atoms with Crippen molar-refractivity contribution in [2.24, 2.45) is 0 Å². The van der Waals surface area contributed by atoms with Crippen LogP contribution in [-0.2, 0) is 4.74 Å². The second-order valence-electron chi connectivity index (χ2n) is 2.57. The summed E-state index contributed by atoms with van der Waals surface area (Å²) in [7, 11) is 1.75. The van der Waals surface area contributed by atoms with Crippen LogP contribution in [0.3, 0.4) is 0 Å². The number of rotatable bonds is 3. The normalized spacial score (nSPS) is 18.7. The van der Waals surface area contributed by atoms with Gasteiger partial charge in [-0.3, -0.25) is 0 Å². The van der Waals surface area contributed by atoms with E-state index in [9.17, 15) is 0 Å². The summed E-state index contributed by atoms with van der Waals surface area (Å²) in [5.74, 6) is 0. The lowest BCUT2D eigenvalue weighted by molar-refractivity contribution is 0.201. The van der Waals surface area contributed by atoms with E-state index in [1.165, 1.54) is 12.0 Å². The molecule has 0 bridgehead atoms. The summed E-state index contributed by atoms with van der Waals surface area (Å²) in [6.45, 7) is 3.05. The van der Waals surface area contributed by atoms with Gasteiger partial charge in [0.25, 0.3) is 0 Å². The van der Waals surface area contributed by atoms with E-state index < -0.39 is 0 Å². The molecule has 0 aromatic carbocycles. The molecule has 2 heteroatoms. The molecule has 0 saturated heterocycles. The Kier molecular flexibility index (Phi) is 3.47. The second-order valence-corrected chi connectivity index (χ2v) is 2.57. The monoisotopic (exact) mass is 141 g/mol. The zero-order valence-corrected chi connectivity index (χ0v) is 6.52. The van der Waals surface area contributed by atoms with Gasteiger partial charge in [0, 0.05) is 20.3 Å². The topological polar surface area (TPSA) is 21.3 Å².